The number of benzene rings is 1. The van der Waals surface area contributed by atoms with E-state index in [1.165, 1.54) is 12.8 Å². The van der Waals surface area contributed by atoms with Crippen LogP contribution in [0.25, 0.3) is 0 Å². The van der Waals surface area contributed by atoms with Gasteiger partial charge in [0.25, 0.3) is 0 Å². The lowest BCUT2D eigenvalue weighted by Gasteiger charge is -2.16. The highest BCUT2D eigenvalue weighted by molar-refractivity contribution is 5.40. The van der Waals surface area contributed by atoms with E-state index >= 15 is 0 Å². The second-order valence-corrected chi connectivity index (χ2v) is 4.87. The highest BCUT2D eigenvalue weighted by atomic mass is 16.5. The van der Waals surface area contributed by atoms with Crippen LogP contribution < -0.4 is 10.1 Å². The van der Waals surface area contributed by atoms with Crippen molar-refractivity contribution in [3.63, 3.8) is 0 Å². The minimum absolute atomic E-state index is 0.123. The van der Waals surface area contributed by atoms with Crippen molar-refractivity contribution in [1.29, 1.82) is 0 Å². The van der Waals surface area contributed by atoms with Crippen LogP contribution >= 0.6 is 0 Å². The van der Waals surface area contributed by atoms with Crippen molar-refractivity contribution in [2.24, 2.45) is 0 Å². The number of hydrogen-bond acceptors (Lipinski definition) is 4. The van der Waals surface area contributed by atoms with Gasteiger partial charge in [0.2, 0.25) is 0 Å². The lowest BCUT2D eigenvalue weighted by atomic mass is 10.1. The van der Waals surface area contributed by atoms with Gasteiger partial charge >= 0.3 is 0 Å². The maximum Gasteiger partial charge on any atom is 0.126 e. The number of aryl methyl sites for hydroxylation is 1. The molecule has 0 saturated heterocycles. The molecule has 0 bridgehead atoms. The second-order valence-electron chi connectivity index (χ2n) is 4.87. The van der Waals surface area contributed by atoms with Crippen LogP contribution in [-0.2, 0) is 6.54 Å². The Morgan fingerprint density at radius 2 is 2.22 bits per heavy atom. The van der Waals surface area contributed by atoms with Crippen LogP contribution in [0.1, 0.15) is 24.0 Å². The largest absolute Gasteiger partial charge is 0.490 e. The average molecular weight is 251 g/mol. The van der Waals surface area contributed by atoms with E-state index < -0.39 is 6.10 Å². The van der Waals surface area contributed by atoms with Gasteiger partial charge in [0.05, 0.1) is 6.61 Å². The van der Waals surface area contributed by atoms with Crippen LogP contribution in [0.4, 0.5) is 0 Å². The van der Waals surface area contributed by atoms with Gasteiger partial charge in [0.15, 0.2) is 0 Å². The summed E-state index contributed by atoms with van der Waals surface area (Å²) in [5.41, 5.74) is 2.15. The van der Waals surface area contributed by atoms with E-state index in [-0.39, 0.29) is 13.2 Å². The SMILES string of the molecule is Cc1cccc(CNC2CC2)c1OCC(O)CO. The minimum atomic E-state index is -0.825. The summed E-state index contributed by atoms with van der Waals surface area (Å²) in [4.78, 5) is 0. The van der Waals surface area contributed by atoms with Crippen molar-refractivity contribution in [2.75, 3.05) is 13.2 Å². The van der Waals surface area contributed by atoms with Crippen LogP contribution in [0, 0.1) is 6.92 Å². The third-order valence-corrected chi connectivity index (χ3v) is 3.08. The molecule has 0 heterocycles. The molecule has 0 aromatic heterocycles. The van der Waals surface area contributed by atoms with E-state index in [4.69, 9.17) is 9.84 Å². The molecule has 1 fully saturated rings. The van der Waals surface area contributed by atoms with Gasteiger partial charge in [-0.1, -0.05) is 18.2 Å². The van der Waals surface area contributed by atoms with Crippen molar-refractivity contribution in [3.8, 4) is 5.75 Å². The molecule has 0 amide bonds. The standard InChI is InChI=1S/C14H21NO3/c1-10-3-2-4-11(7-15-12-5-6-12)14(10)18-9-13(17)8-16/h2-4,12-13,15-17H,5-9H2,1H3. The molecule has 1 aromatic rings. The molecule has 4 heteroatoms. The predicted molar refractivity (Wildman–Crippen MR) is 69.6 cm³/mol. The van der Waals surface area contributed by atoms with Crippen LogP contribution in [0.5, 0.6) is 5.75 Å². The molecule has 0 aliphatic heterocycles. The summed E-state index contributed by atoms with van der Waals surface area (Å²) in [6.45, 7) is 2.62. The van der Waals surface area contributed by atoms with Crippen molar-refractivity contribution in [2.45, 2.75) is 38.5 Å². The third-order valence-electron chi connectivity index (χ3n) is 3.08. The van der Waals surface area contributed by atoms with Crippen LogP contribution in [-0.4, -0.2) is 35.6 Å². The average Bonchev–Trinajstić information content (AvgIpc) is 3.18. The Morgan fingerprint density at radius 1 is 1.44 bits per heavy atom. The zero-order valence-electron chi connectivity index (χ0n) is 10.7. The Bertz CT molecular complexity index is 391. The van der Waals surface area contributed by atoms with E-state index in [1.54, 1.807) is 0 Å². The molecule has 0 radical (unpaired) electrons. The molecule has 1 saturated carbocycles. The number of aliphatic hydroxyl groups is 2. The second kappa shape index (κ2) is 6.18. The summed E-state index contributed by atoms with van der Waals surface area (Å²) in [5, 5.41) is 21.6. The Labute approximate surface area is 108 Å². The normalized spacial score (nSPS) is 16.6. The summed E-state index contributed by atoms with van der Waals surface area (Å²) in [6, 6.07) is 6.68. The minimum Gasteiger partial charge on any atom is -0.490 e. The van der Waals surface area contributed by atoms with Crippen molar-refractivity contribution < 1.29 is 14.9 Å². The van der Waals surface area contributed by atoms with Crippen LogP contribution in [0.3, 0.4) is 0 Å². The fourth-order valence-electron chi connectivity index (χ4n) is 1.83. The van der Waals surface area contributed by atoms with Crippen molar-refractivity contribution in [3.05, 3.63) is 29.3 Å². The first-order chi connectivity index (χ1) is 8.70. The fraction of sp³-hybridized carbons (Fsp3) is 0.571. The molecule has 18 heavy (non-hydrogen) atoms. The number of rotatable bonds is 7. The molecule has 1 aromatic carbocycles. The fourth-order valence-corrected chi connectivity index (χ4v) is 1.83. The molecule has 4 nitrogen and oxygen atoms in total. The number of aliphatic hydroxyl groups excluding tert-OH is 2. The predicted octanol–water partition coefficient (Wildman–Crippen LogP) is 0.979. The first kappa shape index (κ1) is 13.3. The van der Waals surface area contributed by atoms with E-state index in [0.717, 1.165) is 23.4 Å². The van der Waals surface area contributed by atoms with Gasteiger partial charge in [0.1, 0.15) is 18.5 Å². The Morgan fingerprint density at radius 3 is 2.89 bits per heavy atom. The van der Waals surface area contributed by atoms with Crippen molar-refractivity contribution >= 4 is 0 Å². The summed E-state index contributed by atoms with van der Waals surface area (Å²) < 4.78 is 5.62. The van der Waals surface area contributed by atoms with Gasteiger partial charge in [-0.2, -0.15) is 0 Å². The van der Waals surface area contributed by atoms with E-state index in [1.807, 2.05) is 25.1 Å². The zero-order chi connectivity index (χ0) is 13.0. The van der Waals surface area contributed by atoms with E-state index in [2.05, 4.69) is 5.32 Å². The summed E-state index contributed by atoms with van der Waals surface area (Å²) in [5.74, 6) is 0.818. The number of para-hydroxylation sites is 1. The highest BCUT2D eigenvalue weighted by Crippen LogP contribution is 2.25. The first-order valence-corrected chi connectivity index (χ1v) is 6.44. The van der Waals surface area contributed by atoms with Gasteiger partial charge in [0, 0.05) is 18.2 Å². The third kappa shape index (κ3) is 3.70. The van der Waals surface area contributed by atoms with Gasteiger partial charge in [-0.25, -0.2) is 0 Å². The maximum atomic E-state index is 9.34. The molecule has 1 atom stereocenters. The lowest BCUT2D eigenvalue weighted by Crippen LogP contribution is -2.23. The van der Waals surface area contributed by atoms with Crippen LogP contribution in [0.15, 0.2) is 18.2 Å². The summed E-state index contributed by atoms with van der Waals surface area (Å²) >= 11 is 0. The molecule has 0 spiro atoms. The molecule has 3 N–H and O–H groups in total. The van der Waals surface area contributed by atoms with Crippen molar-refractivity contribution in [1.82, 2.24) is 5.32 Å². The molecular formula is C14H21NO3. The molecule has 1 unspecified atom stereocenters. The quantitative estimate of drug-likeness (QED) is 0.676. The molecule has 2 rings (SSSR count). The zero-order valence-corrected chi connectivity index (χ0v) is 10.7. The van der Waals surface area contributed by atoms with Gasteiger partial charge in [-0.3, -0.25) is 0 Å². The molecular weight excluding hydrogens is 230 g/mol. The topological polar surface area (TPSA) is 61.7 Å². The van der Waals surface area contributed by atoms with Gasteiger partial charge in [-0.15, -0.1) is 0 Å². The number of ether oxygens (including phenoxy) is 1. The van der Waals surface area contributed by atoms with Gasteiger partial charge < -0.3 is 20.3 Å². The molecule has 1 aliphatic rings. The number of nitrogens with one attached hydrogen (secondary N) is 1. The smallest absolute Gasteiger partial charge is 0.126 e. The van der Waals surface area contributed by atoms with Crippen LogP contribution in [0.2, 0.25) is 0 Å². The lowest BCUT2D eigenvalue weighted by molar-refractivity contribution is 0.0530. The summed E-state index contributed by atoms with van der Waals surface area (Å²) in [7, 11) is 0. The maximum absolute atomic E-state index is 9.34. The van der Waals surface area contributed by atoms with Gasteiger partial charge in [-0.05, 0) is 25.3 Å². The molecule has 100 valence electrons. The number of hydrogen-bond donors (Lipinski definition) is 3. The molecule has 1 aliphatic carbocycles. The monoisotopic (exact) mass is 251 g/mol. The Kier molecular flexibility index (Phi) is 4.58. The van der Waals surface area contributed by atoms with E-state index in [9.17, 15) is 5.11 Å². The Balaban J connectivity index is 1.99. The first-order valence-electron chi connectivity index (χ1n) is 6.44. The summed E-state index contributed by atoms with van der Waals surface area (Å²) in [6.07, 6.45) is 1.69. The highest BCUT2D eigenvalue weighted by Gasteiger charge is 2.21. The Hall–Kier alpha value is -1.10. The van der Waals surface area contributed by atoms with E-state index in [0.29, 0.717) is 6.04 Å².